The van der Waals surface area contributed by atoms with Crippen LogP contribution in [0.5, 0.6) is 0 Å². The number of nitrogens with two attached hydrogens (primary N) is 2. The first kappa shape index (κ1) is 11.5. The predicted molar refractivity (Wildman–Crippen MR) is 70.3 cm³/mol. The Bertz CT molecular complexity index is 535. The maximum absolute atomic E-state index is 6.09. The third-order valence-electron chi connectivity index (χ3n) is 2.15. The number of hydrogen-bond acceptors (Lipinski definition) is 5. The minimum Gasteiger partial charge on any atom is -0.383 e. The molecule has 0 spiro atoms. The Labute approximate surface area is 104 Å². The molecular weight excluding hydrogens is 238 g/mol. The number of anilines is 4. The Morgan fingerprint density at radius 1 is 1.18 bits per heavy atom. The zero-order chi connectivity index (χ0) is 12.4. The highest BCUT2D eigenvalue weighted by Crippen LogP contribution is 2.26. The van der Waals surface area contributed by atoms with Gasteiger partial charge in [0.2, 0.25) is 5.95 Å². The van der Waals surface area contributed by atoms with Gasteiger partial charge >= 0.3 is 0 Å². The summed E-state index contributed by atoms with van der Waals surface area (Å²) < 4.78 is 0. The zero-order valence-corrected chi connectivity index (χ0v) is 9.99. The fourth-order valence-electron chi connectivity index (χ4n) is 1.41. The normalized spacial score (nSPS) is 10.2. The molecule has 5 N–H and O–H groups in total. The van der Waals surface area contributed by atoms with Gasteiger partial charge in [0.05, 0.1) is 10.7 Å². The standard InChI is InChI=1S/C11H12ClN5/c1-6-2-3-8(7(12)4-6)15-10-5-9(13)16-11(14)17-10/h2-5H,1H3,(H5,13,14,15,16,17). The Kier molecular flexibility index (Phi) is 3.01. The van der Waals surface area contributed by atoms with Gasteiger partial charge in [-0.15, -0.1) is 0 Å². The van der Waals surface area contributed by atoms with Gasteiger partial charge in [0.15, 0.2) is 0 Å². The summed E-state index contributed by atoms with van der Waals surface area (Å²) in [6, 6.07) is 7.26. The van der Waals surface area contributed by atoms with E-state index in [1.54, 1.807) is 6.07 Å². The van der Waals surface area contributed by atoms with Crippen molar-refractivity contribution in [3.05, 3.63) is 34.9 Å². The number of halogens is 1. The molecule has 1 heterocycles. The van der Waals surface area contributed by atoms with Crippen LogP contribution in [-0.2, 0) is 0 Å². The lowest BCUT2D eigenvalue weighted by Crippen LogP contribution is -2.03. The Morgan fingerprint density at radius 2 is 1.94 bits per heavy atom. The second-order valence-electron chi connectivity index (χ2n) is 3.64. The molecule has 5 nitrogen and oxygen atoms in total. The minimum absolute atomic E-state index is 0.121. The molecule has 0 saturated heterocycles. The van der Waals surface area contributed by atoms with E-state index in [9.17, 15) is 0 Å². The predicted octanol–water partition coefficient (Wildman–Crippen LogP) is 2.35. The van der Waals surface area contributed by atoms with Crippen LogP contribution in [0.25, 0.3) is 0 Å². The molecular formula is C11H12ClN5. The van der Waals surface area contributed by atoms with E-state index < -0.39 is 0 Å². The maximum Gasteiger partial charge on any atom is 0.223 e. The van der Waals surface area contributed by atoms with E-state index in [0.717, 1.165) is 11.3 Å². The average molecular weight is 250 g/mol. The molecule has 0 radical (unpaired) electrons. The zero-order valence-electron chi connectivity index (χ0n) is 9.24. The van der Waals surface area contributed by atoms with Crippen LogP contribution in [0.3, 0.4) is 0 Å². The van der Waals surface area contributed by atoms with Crippen LogP contribution in [0.4, 0.5) is 23.3 Å². The molecule has 6 heteroatoms. The molecule has 1 aromatic carbocycles. The SMILES string of the molecule is Cc1ccc(Nc2cc(N)nc(N)n2)c(Cl)c1. The molecule has 0 saturated carbocycles. The summed E-state index contributed by atoms with van der Waals surface area (Å²) in [5, 5.41) is 3.65. The van der Waals surface area contributed by atoms with Gasteiger partial charge in [-0.05, 0) is 24.6 Å². The first-order valence-corrected chi connectivity index (χ1v) is 5.35. The Morgan fingerprint density at radius 3 is 2.59 bits per heavy atom. The van der Waals surface area contributed by atoms with Crippen LogP contribution in [0.1, 0.15) is 5.56 Å². The number of rotatable bonds is 2. The third-order valence-corrected chi connectivity index (χ3v) is 2.46. The van der Waals surface area contributed by atoms with Crippen LogP contribution in [0, 0.1) is 6.92 Å². The molecule has 17 heavy (non-hydrogen) atoms. The van der Waals surface area contributed by atoms with Gasteiger partial charge in [-0.3, -0.25) is 0 Å². The molecule has 2 aromatic rings. The van der Waals surface area contributed by atoms with Gasteiger partial charge < -0.3 is 16.8 Å². The molecule has 0 fully saturated rings. The van der Waals surface area contributed by atoms with Crippen molar-refractivity contribution >= 4 is 34.9 Å². The largest absolute Gasteiger partial charge is 0.383 e. The number of benzene rings is 1. The van der Waals surface area contributed by atoms with Crippen molar-refractivity contribution in [2.45, 2.75) is 6.92 Å². The lowest BCUT2D eigenvalue weighted by molar-refractivity contribution is 1.19. The first-order chi connectivity index (χ1) is 8.04. The minimum atomic E-state index is 0.121. The van der Waals surface area contributed by atoms with Crippen LogP contribution >= 0.6 is 11.6 Å². The second kappa shape index (κ2) is 4.47. The van der Waals surface area contributed by atoms with E-state index in [2.05, 4.69) is 15.3 Å². The number of aryl methyl sites for hydroxylation is 1. The molecule has 2 rings (SSSR count). The molecule has 0 aliphatic carbocycles. The molecule has 88 valence electrons. The van der Waals surface area contributed by atoms with Crippen molar-refractivity contribution in [1.29, 1.82) is 0 Å². The van der Waals surface area contributed by atoms with E-state index >= 15 is 0 Å². The Hall–Kier alpha value is -2.01. The van der Waals surface area contributed by atoms with Crippen molar-refractivity contribution in [3.63, 3.8) is 0 Å². The fourth-order valence-corrected chi connectivity index (χ4v) is 1.69. The van der Waals surface area contributed by atoms with Crippen LogP contribution < -0.4 is 16.8 Å². The smallest absolute Gasteiger partial charge is 0.223 e. The van der Waals surface area contributed by atoms with Crippen molar-refractivity contribution in [1.82, 2.24) is 9.97 Å². The molecule has 0 aliphatic heterocycles. The highest BCUT2D eigenvalue weighted by molar-refractivity contribution is 6.33. The monoisotopic (exact) mass is 249 g/mol. The molecule has 1 aromatic heterocycles. The maximum atomic E-state index is 6.09. The molecule has 0 unspecified atom stereocenters. The third kappa shape index (κ3) is 2.76. The number of nitrogens with zero attached hydrogens (tertiary/aromatic N) is 2. The number of nitrogens with one attached hydrogen (secondary N) is 1. The van der Waals surface area contributed by atoms with Gasteiger partial charge in [0, 0.05) is 6.07 Å². The summed E-state index contributed by atoms with van der Waals surface area (Å²) in [6.07, 6.45) is 0. The summed E-state index contributed by atoms with van der Waals surface area (Å²) >= 11 is 6.09. The van der Waals surface area contributed by atoms with E-state index in [1.807, 2.05) is 25.1 Å². The van der Waals surface area contributed by atoms with E-state index in [1.165, 1.54) is 0 Å². The summed E-state index contributed by atoms with van der Waals surface area (Å²) in [7, 11) is 0. The Balaban J connectivity index is 2.31. The highest BCUT2D eigenvalue weighted by atomic mass is 35.5. The molecule has 0 amide bonds. The summed E-state index contributed by atoms with van der Waals surface area (Å²) in [6.45, 7) is 1.97. The molecule has 0 bridgehead atoms. The van der Waals surface area contributed by atoms with Gasteiger partial charge in [0.1, 0.15) is 11.6 Å². The van der Waals surface area contributed by atoms with Crippen LogP contribution in [0.2, 0.25) is 5.02 Å². The highest BCUT2D eigenvalue weighted by Gasteiger charge is 2.04. The summed E-state index contributed by atoms with van der Waals surface area (Å²) in [4.78, 5) is 7.79. The van der Waals surface area contributed by atoms with Gasteiger partial charge in [-0.1, -0.05) is 17.7 Å². The number of nitrogen functional groups attached to an aromatic ring is 2. The molecule has 0 aliphatic rings. The van der Waals surface area contributed by atoms with Crippen LogP contribution in [0.15, 0.2) is 24.3 Å². The number of aromatic nitrogens is 2. The topological polar surface area (TPSA) is 89.8 Å². The quantitative estimate of drug-likeness (QED) is 0.760. The summed E-state index contributed by atoms with van der Waals surface area (Å²) in [5.74, 6) is 0.944. The number of hydrogen-bond donors (Lipinski definition) is 3. The van der Waals surface area contributed by atoms with E-state index in [4.69, 9.17) is 23.1 Å². The lowest BCUT2D eigenvalue weighted by atomic mass is 10.2. The van der Waals surface area contributed by atoms with E-state index in [0.29, 0.717) is 16.7 Å². The van der Waals surface area contributed by atoms with Crippen molar-refractivity contribution in [3.8, 4) is 0 Å². The van der Waals surface area contributed by atoms with Gasteiger partial charge in [0.25, 0.3) is 0 Å². The van der Waals surface area contributed by atoms with Crippen molar-refractivity contribution in [2.75, 3.05) is 16.8 Å². The first-order valence-electron chi connectivity index (χ1n) is 4.98. The van der Waals surface area contributed by atoms with E-state index in [-0.39, 0.29) is 5.95 Å². The molecule has 0 atom stereocenters. The lowest BCUT2D eigenvalue weighted by Gasteiger charge is -2.09. The van der Waals surface area contributed by atoms with Gasteiger partial charge in [-0.25, -0.2) is 0 Å². The van der Waals surface area contributed by atoms with Crippen molar-refractivity contribution in [2.24, 2.45) is 0 Å². The van der Waals surface area contributed by atoms with Crippen molar-refractivity contribution < 1.29 is 0 Å². The average Bonchev–Trinajstić information content (AvgIpc) is 2.21. The fraction of sp³-hybridized carbons (Fsp3) is 0.0909. The summed E-state index contributed by atoms with van der Waals surface area (Å²) in [5.41, 5.74) is 12.9. The van der Waals surface area contributed by atoms with Crippen LogP contribution in [-0.4, -0.2) is 9.97 Å². The second-order valence-corrected chi connectivity index (χ2v) is 4.05. The van der Waals surface area contributed by atoms with Gasteiger partial charge in [-0.2, -0.15) is 9.97 Å².